The number of carbonyl (C=O) groups is 6. The molecule has 0 saturated carbocycles. The summed E-state index contributed by atoms with van der Waals surface area (Å²) < 4.78 is 0. The second-order valence-corrected chi connectivity index (χ2v) is 11.9. The Balaban J connectivity index is 1.10. The van der Waals surface area contributed by atoms with Crippen LogP contribution in [0.3, 0.4) is 0 Å². The predicted molar refractivity (Wildman–Crippen MR) is 189 cm³/mol. The minimum atomic E-state index is -0.755. The second-order valence-electron chi connectivity index (χ2n) is 11.9. The van der Waals surface area contributed by atoms with Crippen LogP contribution in [0, 0.1) is 0 Å². The van der Waals surface area contributed by atoms with E-state index >= 15 is 0 Å². The number of nitrogens with one attached hydrogen (secondary N) is 4. The van der Waals surface area contributed by atoms with E-state index in [0.29, 0.717) is 24.2 Å². The van der Waals surface area contributed by atoms with Crippen molar-refractivity contribution < 1.29 is 28.8 Å². The van der Waals surface area contributed by atoms with Crippen molar-refractivity contribution in [3.8, 4) is 0 Å². The molecule has 0 radical (unpaired) electrons. The van der Waals surface area contributed by atoms with Crippen LogP contribution < -0.4 is 32.7 Å². The molecule has 4 amide bonds. The number of amides is 4. The maximum Gasteiger partial charge on any atom is 0.237 e. The maximum atomic E-state index is 13.4. The topological polar surface area (TPSA) is 203 Å². The molecule has 4 aromatic carbocycles. The van der Waals surface area contributed by atoms with Crippen molar-refractivity contribution in [3.63, 3.8) is 0 Å². The summed E-state index contributed by atoms with van der Waals surface area (Å²) in [5.74, 6) is -2.34. The minimum absolute atomic E-state index is 0.0285. The average Bonchev–Trinajstić information content (AvgIpc) is 3.11. The highest BCUT2D eigenvalue weighted by Crippen LogP contribution is 2.31. The molecule has 5 rings (SSSR count). The van der Waals surface area contributed by atoms with Gasteiger partial charge < -0.3 is 32.7 Å². The molecule has 4 aromatic rings. The van der Waals surface area contributed by atoms with Crippen LogP contribution in [0.25, 0.3) is 0 Å². The molecule has 50 heavy (non-hydrogen) atoms. The lowest BCUT2D eigenvalue weighted by Crippen LogP contribution is -2.42. The lowest BCUT2D eigenvalue weighted by molar-refractivity contribution is -0.123. The first kappa shape index (κ1) is 35.3. The highest BCUT2D eigenvalue weighted by Gasteiger charge is 2.30. The van der Waals surface area contributed by atoms with Gasteiger partial charge in [0.15, 0.2) is 11.6 Å². The molecule has 12 nitrogen and oxygen atoms in total. The summed E-state index contributed by atoms with van der Waals surface area (Å²) in [6.07, 6.45) is 0.679. The van der Waals surface area contributed by atoms with Crippen molar-refractivity contribution in [2.45, 2.75) is 37.8 Å². The predicted octanol–water partition coefficient (Wildman–Crippen LogP) is 2.49. The Morgan fingerprint density at radius 1 is 0.520 bits per heavy atom. The molecular weight excluding hydrogens is 636 g/mol. The molecule has 0 saturated heterocycles. The third-order valence-electron chi connectivity index (χ3n) is 8.16. The molecule has 1 aliphatic rings. The molecule has 0 fully saturated rings. The van der Waals surface area contributed by atoms with Gasteiger partial charge in [-0.15, -0.1) is 0 Å². The van der Waals surface area contributed by atoms with Crippen LogP contribution in [0.4, 0.5) is 11.4 Å². The minimum Gasteiger partial charge on any atom is -0.354 e. The van der Waals surface area contributed by atoms with E-state index in [1.54, 1.807) is 0 Å². The molecule has 0 spiro atoms. The van der Waals surface area contributed by atoms with E-state index in [0.717, 1.165) is 11.1 Å². The molecule has 0 unspecified atom stereocenters. The van der Waals surface area contributed by atoms with Gasteiger partial charge in [-0.05, 0) is 60.4 Å². The van der Waals surface area contributed by atoms with Gasteiger partial charge in [0.05, 0.1) is 12.1 Å². The van der Waals surface area contributed by atoms with Crippen molar-refractivity contribution in [2.75, 3.05) is 23.7 Å². The van der Waals surface area contributed by atoms with Gasteiger partial charge in [0.2, 0.25) is 23.6 Å². The molecular formula is C38H38N6O6. The summed E-state index contributed by atoms with van der Waals surface area (Å²) in [7, 11) is 0. The monoisotopic (exact) mass is 674 g/mol. The molecule has 0 aromatic heterocycles. The molecule has 0 bridgehead atoms. The Hall–Kier alpha value is -5.98. The van der Waals surface area contributed by atoms with E-state index in [1.165, 1.54) is 36.4 Å². The summed E-state index contributed by atoms with van der Waals surface area (Å²) in [4.78, 5) is 76.6. The van der Waals surface area contributed by atoms with Crippen LogP contribution >= 0.6 is 0 Å². The van der Waals surface area contributed by atoms with Crippen molar-refractivity contribution in [1.29, 1.82) is 0 Å². The highest BCUT2D eigenvalue weighted by atomic mass is 16.2. The number of carbonyl (C=O) groups excluding carboxylic acids is 6. The Labute approximate surface area is 289 Å². The first-order chi connectivity index (χ1) is 24.1. The highest BCUT2D eigenvalue weighted by molar-refractivity contribution is 6.29. The van der Waals surface area contributed by atoms with Gasteiger partial charge in [0.25, 0.3) is 0 Å². The van der Waals surface area contributed by atoms with Gasteiger partial charge in [-0.3, -0.25) is 28.8 Å². The van der Waals surface area contributed by atoms with Crippen LogP contribution in [0.1, 0.15) is 55.8 Å². The smallest absolute Gasteiger partial charge is 0.237 e. The van der Waals surface area contributed by atoms with Gasteiger partial charge in [0, 0.05) is 59.6 Å². The molecule has 256 valence electrons. The number of anilines is 2. The summed E-state index contributed by atoms with van der Waals surface area (Å²) in [6, 6.07) is 26.1. The number of hydrogen-bond acceptors (Lipinski definition) is 8. The molecule has 1 aliphatic carbocycles. The lowest BCUT2D eigenvalue weighted by atomic mass is 9.83. The van der Waals surface area contributed by atoms with Crippen molar-refractivity contribution in [1.82, 2.24) is 10.6 Å². The van der Waals surface area contributed by atoms with Gasteiger partial charge in [-0.1, -0.05) is 60.7 Å². The zero-order valence-corrected chi connectivity index (χ0v) is 27.2. The fraction of sp³-hybridized carbons (Fsp3) is 0.211. The summed E-state index contributed by atoms with van der Waals surface area (Å²) in [5, 5.41) is 10.7. The van der Waals surface area contributed by atoms with E-state index in [9.17, 15) is 28.8 Å². The summed E-state index contributed by atoms with van der Waals surface area (Å²) in [6.45, 7) is 0.138. The standard InChI is InChI=1S/C38H38N6O6/c39-31(19-23-7-3-1-4-8-23)37(49)41-17-15-33(45)43-25-11-13-27-29(21-25)35(47)28-14-12-26(22-30(28)36(27)48)44-34(46)16-18-42-38(50)32(40)20-24-9-5-2-6-10-24/h1-14,21-22,31-32H,15-20,39-40H2,(H,41,49)(H,42,50)(H,43,45)(H,44,46)/t31-,32-/m0/s1. The van der Waals surface area contributed by atoms with E-state index in [2.05, 4.69) is 21.3 Å². The van der Waals surface area contributed by atoms with Crippen LogP contribution in [-0.2, 0) is 32.0 Å². The molecule has 2 atom stereocenters. The van der Waals surface area contributed by atoms with Crippen molar-refractivity contribution in [3.05, 3.63) is 130 Å². The quantitative estimate of drug-likeness (QED) is 0.103. The zero-order valence-electron chi connectivity index (χ0n) is 27.2. The number of hydrogen-bond donors (Lipinski definition) is 6. The van der Waals surface area contributed by atoms with Gasteiger partial charge in [-0.25, -0.2) is 0 Å². The van der Waals surface area contributed by atoms with E-state index in [-0.39, 0.29) is 60.0 Å². The Morgan fingerprint density at radius 2 is 0.900 bits per heavy atom. The molecule has 0 heterocycles. The lowest BCUT2D eigenvalue weighted by Gasteiger charge is -2.19. The number of rotatable bonds is 14. The van der Waals surface area contributed by atoms with Crippen molar-refractivity contribution in [2.24, 2.45) is 11.5 Å². The Bertz CT molecular complexity index is 1770. The number of fused-ring (bicyclic) bond motifs is 2. The third kappa shape index (κ3) is 9.13. The second kappa shape index (κ2) is 16.4. The van der Waals surface area contributed by atoms with Crippen molar-refractivity contribution >= 4 is 46.6 Å². The number of ketones is 2. The largest absolute Gasteiger partial charge is 0.354 e. The van der Waals surface area contributed by atoms with Gasteiger partial charge >= 0.3 is 0 Å². The van der Waals surface area contributed by atoms with Gasteiger partial charge in [-0.2, -0.15) is 0 Å². The van der Waals surface area contributed by atoms with Crippen LogP contribution in [0.5, 0.6) is 0 Å². The molecule has 0 aliphatic heterocycles. The van der Waals surface area contributed by atoms with Crippen LogP contribution in [-0.4, -0.2) is 60.4 Å². The number of benzene rings is 4. The summed E-state index contributed by atoms with van der Waals surface area (Å²) in [5.41, 5.74) is 15.1. The van der Waals surface area contributed by atoms with E-state index in [1.807, 2.05) is 60.7 Å². The molecule has 8 N–H and O–H groups in total. The first-order valence-corrected chi connectivity index (χ1v) is 16.2. The Morgan fingerprint density at radius 3 is 1.28 bits per heavy atom. The average molecular weight is 675 g/mol. The van der Waals surface area contributed by atoms with E-state index in [4.69, 9.17) is 11.5 Å². The fourth-order valence-electron chi connectivity index (χ4n) is 5.53. The van der Waals surface area contributed by atoms with Crippen LogP contribution in [0.2, 0.25) is 0 Å². The zero-order chi connectivity index (χ0) is 35.6. The normalized spacial score (nSPS) is 12.9. The fourth-order valence-corrected chi connectivity index (χ4v) is 5.53. The van der Waals surface area contributed by atoms with Crippen LogP contribution in [0.15, 0.2) is 97.1 Å². The maximum absolute atomic E-state index is 13.4. The van der Waals surface area contributed by atoms with Gasteiger partial charge in [0.1, 0.15) is 0 Å². The van der Waals surface area contributed by atoms with E-state index < -0.39 is 35.5 Å². The SMILES string of the molecule is N[C@@H](Cc1ccccc1)C(=O)NCCC(=O)Nc1ccc2c(c1)C(=O)c1ccc(NC(=O)CCNC(=O)[C@@H](N)Cc3ccccc3)cc1C2=O. The summed E-state index contributed by atoms with van der Waals surface area (Å²) >= 11 is 0. The Kier molecular flexibility index (Phi) is 11.6. The third-order valence-corrected chi connectivity index (χ3v) is 8.16. The molecule has 12 heteroatoms. The number of nitrogens with two attached hydrogens (primary N) is 2. The first-order valence-electron chi connectivity index (χ1n) is 16.2.